The van der Waals surface area contributed by atoms with E-state index in [-0.39, 0.29) is 11.9 Å². The highest BCUT2D eigenvalue weighted by Crippen LogP contribution is 2.11. The zero-order valence-electron chi connectivity index (χ0n) is 13.0. The lowest BCUT2D eigenvalue weighted by atomic mass is 10.0. The summed E-state index contributed by atoms with van der Waals surface area (Å²) in [6.07, 6.45) is 4.15. The molecular weight excluding hydrogens is 264 g/mol. The lowest BCUT2D eigenvalue weighted by Crippen LogP contribution is -2.49. The molecule has 1 amide bonds. The average molecular weight is 290 g/mol. The Labute approximate surface area is 127 Å². The molecule has 21 heavy (non-hydrogen) atoms. The Morgan fingerprint density at radius 2 is 2.05 bits per heavy atom. The third-order valence-electron chi connectivity index (χ3n) is 4.12. The van der Waals surface area contributed by atoms with Gasteiger partial charge in [-0.15, -0.1) is 0 Å². The molecule has 2 N–H and O–H groups in total. The van der Waals surface area contributed by atoms with Crippen LogP contribution in [0, 0.1) is 5.92 Å². The zero-order chi connectivity index (χ0) is 15.2. The molecule has 1 aromatic rings. The Bertz CT molecular complexity index is 441. The minimum atomic E-state index is -0.0362. The van der Waals surface area contributed by atoms with Crippen molar-refractivity contribution in [2.24, 2.45) is 11.7 Å². The Morgan fingerprint density at radius 3 is 2.62 bits per heavy atom. The van der Waals surface area contributed by atoms with Crippen molar-refractivity contribution in [3.05, 3.63) is 30.1 Å². The second kappa shape index (κ2) is 7.52. The molecule has 5 heteroatoms. The van der Waals surface area contributed by atoms with Crippen LogP contribution >= 0.6 is 0 Å². The fraction of sp³-hybridized carbons (Fsp3) is 0.625. The number of carbonyl (C=O) groups excluding carboxylic acids is 1. The van der Waals surface area contributed by atoms with E-state index in [0.29, 0.717) is 12.3 Å². The van der Waals surface area contributed by atoms with Gasteiger partial charge in [0.15, 0.2) is 0 Å². The van der Waals surface area contributed by atoms with Crippen molar-refractivity contribution >= 4 is 5.91 Å². The molecule has 0 spiro atoms. The van der Waals surface area contributed by atoms with E-state index in [0.717, 1.165) is 32.7 Å². The predicted molar refractivity (Wildman–Crippen MR) is 83.5 cm³/mol. The summed E-state index contributed by atoms with van der Waals surface area (Å²) in [6.45, 7) is 8.44. The monoisotopic (exact) mass is 290 g/mol. The van der Waals surface area contributed by atoms with E-state index in [2.05, 4.69) is 29.8 Å². The Kier molecular flexibility index (Phi) is 5.70. The molecule has 0 aliphatic carbocycles. The molecule has 1 unspecified atom stereocenters. The standard InChI is InChI=1S/C16H26N4O/c1-13(2)15(17)10-16(21)20-8-6-19(7-9-20)12-14-4-3-5-18-11-14/h3-5,11,13,15H,6-10,12,17H2,1-2H3. The van der Waals surface area contributed by atoms with Gasteiger partial charge in [-0.25, -0.2) is 0 Å². The van der Waals surface area contributed by atoms with Crippen molar-refractivity contribution in [3.8, 4) is 0 Å². The van der Waals surface area contributed by atoms with Crippen LogP contribution in [-0.2, 0) is 11.3 Å². The van der Waals surface area contributed by atoms with Crippen molar-refractivity contribution in [1.82, 2.24) is 14.8 Å². The largest absolute Gasteiger partial charge is 0.340 e. The van der Waals surface area contributed by atoms with E-state index in [1.807, 2.05) is 17.2 Å². The first kappa shape index (κ1) is 15.9. The van der Waals surface area contributed by atoms with E-state index in [1.165, 1.54) is 5.56 Å². The summed E-state index contributed by atoms with van der Waals surface area (Å²) in [5.41, 5.74) is 7.21. The number of nitrogens with two attached hydrogens (primary N) is 1. The zero-order valence-corrected chi connectivity index (χ0v) is 13.0. The van der Waals surface area contributed by atoms with Gasteiger partial charge in [0.05, 0.1) is 0 Å². The van der Waals surface area contributed by atoms with Gasteiger partial charge in [-0.3, -0.25) is 14.7 Å². The third kappa shape index (κ3) is 4.79. The normalized spacial score (nSPS) is 18.0. The van der Waals surface area contributed by atoms with E-state index in [4.69, 9.17) is 5.73 Å². The quantitative estimate of drug-likeness (QED) is 0.882. The SMILES string of the molecule is CC(C)C(N)CC(=O)N1CCN(Cc2cccnc2)CC1. The highest BCUT2D eigenvalue weighted by atomic mass is 16.2. The van der Waals surface area contributed by atoms with Crippen molar-refractivity contribution < 1.29 is 4.79 Å². The van der Waals surface area contributed by atoms with Crippen molar-refractivity contribution in [2.45, 2.75) is 32.9 Å². The smallest absolute Gasteiger partial charge is 0.224 e. The number of hydrogen-bond donors (Lipinski definition) is 1. The molecule has 0 bridgehead atoms. The Hall–Kier alpha value is -1.46. The van der Waals surface area contributed by atoms with Gasteiger partial charge in [0.2, 0.25) is 5.91 Å². The fourth-order valence-corrected chi connectivity index (χ4v) is 2.47. The van der Waals surface area contributed by atoms with E-state index < -0.39 is 0 Å². The second-order valence-electron chi connectivity index (χ2n) is 6.13. The number of amides is 1. The van der Waals surface area contributed by atoms with Crippen LogP contribution in [0.4, 0.5) is 0 Å². The first-order valence-electron chi connectivity index (χ1n) is 7.71. The van der Waals surface area contributed by atoms with Gasteiger partial charge in [0.1, 0.15) is 0 Å². The van der Waals surface area contributed by atoms with Crippen LogP contribution in [0.15, 0.2) is 24.5 Å². The first-order chi connectivity index (χ1) is 10.1. The van der Waals surface area contributed by atoms with Gasteiger partial charge in [0.25, 0.3) is 0 Å². The molecular formula is C16H26N4O. The Balaban J connectivity index is 1.76. The molecule has 0 aromatic carbocycles. The summed E-state index contributed by atoms with van der Waals surface area (Å²) >= 11 is 0. The molecule has 1 fully saturated rings. The molecule has 1 aromatic heterocycles. The molecule has 1 atom stereocenters. The topological polar surface area (TPSA) is 62.5 Å². The van der Waals surface area contributed by atoms with Gasteiger partial charge in [0, 0.05) is 57.6 Å². The highest BCUT2D eigenvalue weighted by molar-refractivity contribution is 5.77. The molecule has 116 valence electrons. The number of rotatable bonds is 5. The van der Waals surface area contributed by atoms with Crippen LogP contribution in [0.25, 0.3) is 0 Å². The molecule has 1 saturated heterocycles. The molecule has 5 nitrogen and oxygen atoms in total. The molecule has 2 heterocycles. The van der Waals surface area contributed by atoms with Crippen molar-refractivity contribution in [1.29, 1.82) is 0 Å². The lowest BCUT2D eigenvalue weighted by Gasteiger charge is -2.35. The van der Waals surface area contributed by atoms with Crippen LogP contribution in [0.2, 0.25) is 0 Å². The van der Waals surface area contributed by atoms with Crippen LogP contribution < -0.4 is 5.73 Å². The van der Waals surface area contributed by atoms with Gasteiger partial charge >= 0.3 is 0 Å². The molecule has 1 aliphatic rings. The number of pyridine rings is 1. The fourth-order valence-electron chi connectivity index (χ4n) is 2.47. The highest BCUT2D eigenvalue weighted by Gasteiger charge is 2.23. The van der Waals surface area contributed by atoms with Crippen molar-refractivity contribution in [3.63, 3.8) is 0 Å². The average Bonchev–Trinajstić information content (AvgIpc) is 2.48. The van der Waals surface area contributed by atoms with Crippen LogP contribution in [0.3, 0.4) is 0 Å². The third-order valence-corrected chi connectivity index (χ3v) is 4.12. The van der Waals surface area contributed by atoms with Crippen LogP contribution in [0.1, 0.15) is 25.8 Å². The number of hydrogen-bond acceptors (Lipinski definition) is 4. The minimum Gasteiger partial charge on any atom is -0.340 e. The molecule has 0 radical (unpaired) electrons. The summed E-state index contributed by atoms with van der Waals surface area (Å²) in [5.74, 6) is 0.540. The number of aromatic nitrogens is 1. The number of nitrogens with zero attached hydrogens (tertiary/aromatic N) is 3. The molecule has 0 saturated carbocycles. The molecule has 2 rings (SSSR count). The van der Waals surface area contributed by atoms with Gasteiger partial charge in [-0.1, -0.05) is 19.9 Å². The maximum atomic E-state index is 12.2. The summed E-state index contributed by atoms with van der Waals surface area (Å²) in [5, 5.41) is 0. The van der Waals surface area contributed by atoms with Gasteiger partial charge in [-0.05, 0) is 17.5 Å². The summed E-state index contributed by atoms with van der Waals surface area (Å²) in [7, 11) is 0. The summed E-state index contributed by atoms with van der Waals surface area (Å²) < 4.78 is 0. The van der Waals surface area contributed by atoms with E-state index >= 15 is 0 Å². The first-order valence-corrected chi connectivity index (χ1v) is 7.71. The van der Waals surface area contributed by atoms with E-state index in [9.17, 15) is 4.79 Å². The van der Waals surface area contributed by atoms with Crippen LogP contribution in [-0.4, -0.2) is 52.9 Å². The number of piperazine rings is 1. The minimum absolute atomic E-state index is 0.0362. The van der Waals surface area contributed by atoms with Gasteiger partial charge in [-0.2, -0.15) is 0 Å². The van der Waals surface area contributed by atoms with E-state index in [1.54, 1.807) is 6.20 Å². The summed E-state index contributed by atoms with van der Waals surface area (Å²) in [4.78, 5) is 20.6. The predicted octanol–water partition coefficient (Wildman–Crippen LogP) is 1.10. The number of carbonyl (C=O) groups is 1. The molecule has 1 aliphatic heterocycles. The summed E-state index contributed by atoms with van der Waals surface area (Å²) in [6, 6.07) is 4.01. The van der Waals surface area contributed by atoms with Crippen LogP contribution in [0.5, 0.6) is 0 Å². The maximum absolute atomic E-state index is 12.2. The maximum Gasteiger partial charge on any atom is 0.224 e. The van der Waals surface area contributed by atoms with Crippen molar-refractivity contribution in [2.75, 3.05) is 26.2 Å². The second-order valence-corrected chi connectivity index (χ2v) is 6.13. The Morgan fingerprint density at radius 1 is 1.33 bits per heavy atom. The van der Waals surface area contributed by atoms with Gasteiger partial charge < -0.3 is 10.6 Å². The lowest BCUT2D eigenvalue weighted by molar-refractivity contribution is -0.133.